The van der Waals surface area contributed by atoms with E-state index in [1.54, 1.807) is 0 Å². The zero-order valence-electron chi connectivity index (χ0n) is 17.2. The summed E-state index contributed by atoms with van der Waals surface area (Å²) in [6.07, 6.45) is -3.36. The van der Waals surface area contributed by atoms with Crippen molar-refractivity contribution in [2.45, 2.75) is 36.0 Å². The van der Waals surface area contributed by atoms with Gasteiger partial charge in [-0.15, -0.1) is 0 Å². The summed E-state index contributed by atoms with van der Waals surface area (Å²) >= 11 is 1.55. The summed E-state index contributed by atoms with van der Waals surface area (Å²) in [6.45, 7) is 0. The van der Waals surface area contributed by atoms with Crippen LogP contribution in [0.4, 0.5) is 18.3 Å². The lowest BCUT2D eigenvalue weighted by Crippen LogP contribution is -2.72. The highest BCUT2D eigenvalue weighted by Gasteiger charge is 2.54. The van der Waals surface area contributed by atoms with Crippen molar-refractivity contribution in [3.63, 3.8) is 0 Å². The molecule has 2 aliphatic rings. The smallest absolute Gasteiger partial charge is 0.433 e. The maximum Gasteiger partial charge on any atom is 0.433 e. The zero-order chi connectivity index (χ0) is 25.5. The second-order valence-electron chi connectivity index (χ2n) is 7.22. The number of nitrogen functional groups attached to an aromatic ring is 1. The van der Waals surface area contributed by atoms with E-state index in [4.69, 9.17) is 5.73 Å². The Bertz CT molecular complexity index is 1280. The van der Waals surface area contributed by atoms with Crippen molar-refractivity contribution in [1.29, 1.82) is 0 Å². The van der Waals surface area contributed by atoms with E-state index in [0.717, 1.165) is 40.5 Å². The molecule has 2 aromatic rings. The molecular formula is C18H14F3N7O5S2. The third kappa shape index (κ3) is 4.63. The zero-order valence-corrected chi connectivity index (χ0v) is 18.8. The number of anilines is 1. The van der Waals surface area contributed by atoms with Crippen LogP contribution in [0.5, 0.6) is 0 Å². The van der Waals surface area contributed by atoms with Gasteiger partial charge in [-0.2, -0.15) is 22.5 Å². The average molecular weight is 529 g/mol. The van der Waals surface area contributed by atoms with Crippen LogP contribution < -0.4 is 11.1 Å². The van der Waals surface area contributed by atoms with E-state index in [-0.39, 0.29) is 39.3 Å². The fourth-order valence-electron chi connectivity index (χ4n) is 3.63. The standard InChI is InChI=1S/C18H14F3N7O5S2/c19-18(20,21)9-5-6(3-4-23-9)34-8-2-1-7-10(15(30)28(7)12(8)16(31)32)24-14(29)11(26-33)13-25-17(22)35-27-13/h3-5,7,10,33H,1-2H2,(H,24,29)(H,31,32)(H2,22,25,27)/b26-11-/t7-,10+/m1/s1. The van der Waals surface area contributed by atoms with Crippen molar-refractivity contribution >= 4 is 51.9 Å². The van der Waals surface area contributed by atoms with Gasteiger partial charge in [0, 0.05) is 27.5 Å². The molecule has 0 radical (unpaired) electrons. The van der Waals surface area contributed by atoms with Crippen LogP contribution in [-0.2, 0) is 20.6 Å². The predicted molar refractivity (Wildman–Crippen MR) is 114 cm³/mol. The fourth-order valence-corrected chi connectivity index (χ4v) is 5.15. The molecule has 2 amide bonds. The molecule has 2 aliphatic heterocycles. The first-order valence-electron chi connectivity index (χ1n) is 9.64. The number of hydrogen-bond acceptors (Lipinski definition) is 11. The monoisotopic (exact) mass is 529 g/mol. The molecule has 2 atom stereocenters. The Kier molecular flexibility index (Phi) is 6.37. The molecule has 0 saturated carbocycles. The summed E-state index contributed by atoms with van der Waals surface area (Å²) in [6, 6.07) is 0.251. The molecule has 0 bridgehead atoms. The summed E-state index contributed by atoms with van der Waals surface area (Å²) in [4.78, 5) is 45.5. The second-order valence-corrected chi connectivity index (χ2v) is 9.18. The number of nitrogens with two attached hydrogens (primary N) is 1. The number of halogens is 3. The lowest BCUT2D eigenvalue weighted by Gasteiger charge is -2.50. The number of oxime groups is 1. The number of carboxylic acid groups (broad SMARTS) is 1. The minimum Gasteiger partial charge on any atom is -0.477 e. The lowest BCUT2D eigenvalue weighted by molar-refractivity contribution is -0.155. The van der Waals surface area contributed by atoms with Gasteiger partial charge in [0.1, 0.15) is 17.4 Å². The molecule has 17 heteroatoms. The number of fused-ring (bicyclic) bond motifs is 1. The number of amides is 2. The molecule has 2 aromatic heterocycles. The van der Waals surface area contributed by atoms with Gasteiger partial charge in [0.05, 0.1) is 6.04 Å². The first-order valence-corrected chi connectivity index (χ1v) is 11.2. The van der Waals surface area contributed by atoms with Crippen LogP contribution >= 0.6 is 23.3 Å². The van der Waals surface area contributed by atoms with Crippen molar-refractivity contribution in [2.75, 3.05) is 5.73 Å². The largest absolute Gasteiger partial charge is 0.477 e. The van der Waals surface area contributed by atoms with Gasteiger partial charge in [-0.25, -0.2) is 4.79 Å². The van der Waals surface area contributed by atoms with E-state index < -0.39 is 47.4 Å². The van der Waals surface area contributed by atoms with Gasteiger partial charge < -0.3 is 21.4 Å². The summed E-state index contributed by atoms with van der Waals surface area (Å²) in [5.74, 6) is -3.41. The highest BCUT2D eigenvalue weighted by Crippen LogP contribution is 2.43. The molecule has 1 fully saturated rings. The summed E-state index contributed by atoms with van der Waals surface area (Å²) < 4.78 is 42.6. The van der Waals surface area contributed by atoms with Crippen LogP contribution in [0.1, 0.15) is 24.4 Å². The number of β-lactam (4-membered cyclic amide) rings is 1. The van der Waals surface area contributed by atoms with Gasteiger partial charge in [0.25, 0.3) is 11.8 Å². The van der Waals surface area contributed by atoms with Crippen LogP contribution in [0.25, 0.3) is 0 Å². The van der Waals surface area contributed by atoms with Crippen LogP contribution in [0.15, 0.2) is 39.0 Å². The molecule has 0 spiro atoms. The Hall–Kier alpha value is -3.73. The fraction of sp³-hybridized carbons (Fsp3) is 0.278. The van der Waals surface area contributed by atoms with E-state index in [1.165, 1.54) is 6.07 Å². The Morgan fingerprint density at radius 1 is 1.37 bits per heavy atom. The minimum atomic E-state index is -4.67. The Balaban J connectivity index is 1.54. The Labute approximate surface area is 201 Å². The summed E-state index contributed by atoms with van der Waals surface area (Å²) in [5.41, 5.74) is 3.37. The van der Waals surface area contributed by atoms with Crippen molar-refractivity contribution in [2.24, 2.45) is 5.16 Å². The van der Waals surface area contributed by atoms with Crippen molar-refractivity contribution in [1.82, 2.24) is 24.6 Å². The number of pyridine rings is 1. The number of aromatic nitrogens is 3. The number of allylic oxidation sites excluding steroid dienone is 1. The van der Waals surface area contributed by atoms with Crippen LogP contribution in [0, 0.1) is 0 Å². The SMILES string of the molecule is Nc1nc(/C(=N/O)C(=O)N[C@@H]2C(=O)N3C(C(=O)O)=C(Sc4ccnc(C(F)(F)F)c4)CC[C@H]23)ns1. The number of carbonyl (C=O) groups is 3. The number of nitrogens with zero attached hydrogens (tertiary/aromatic N) is 5. The summed E-state index contributed by atoms with van der Waals surface area (Å²) in [7, 11) is 0. The number of alkyl halides is 3. The van der Waals surface area contributed by atoms with Crippen LogP contribution in [0.3, 0.4) is 0 Å². The lowest BCUT2D eigenvalue weighted by atomic mass is 9.86. The molecule has 5 N–H and O–H groups in total. The molecule has 35 heavy (non-hydrogen) atoms. The molecule has 0 unspecified atom stereocenters. The highest BCUT2D eigenvalue weighted by atomic mass is 32.2. The number of rotatable bonds is 6. The first-order chi connectivity index (χ1) is 16.5. The maximum atomic E-state index is 13.0. The van der Waals surface area contributed by atoms with E-state index >= 15 is 0 Å². The molecule has 0 aliphatic carbocycles. The van der Waals surface area contributed by atoms with E-state index in [1.807, 2.05) is 0 Å². The van der Waals surface area contributed by atoms with Gasteiger partial charge in [-0.05, 0) is 25.0 Å². The highest BCUT2D eigenvalue weighted by molar-refractivity contribution is 8.03. The Morgan fingerprint density at radius 3 is 2.71 bits per heavy atom. The van der Waals surface area contributed by atoms with Crippen LogP contribution in [-0.4, -0.2) is 65.1 Å². The number of aliphatic carboxylic acids is 1. The molecule has 4 rings (SSSR count). The van der Waals surface area contributed by atoms with Gasteiger partial charge in [0.2, 0.25) is 11.5 Å². The third-order valence-corrected chi connectivity index (χ3v) is 6.79. The van der Waals surface area contributed by atoms with E-state index in [0.29, 0.717) is 0 Å². The number of carboxylic acids is 1. The normalized spacial score (nSPS) is 20.4. The van der Waals surface area contributed by atoms with Crippen molar-refractivity contribution < 1.29 is 37.9 Å². The predicted octanol–water partition coefficient (Wildman–Crippen LogP) is 1.29. The minimum absolute atomic E-state index is 0.0185. The topological polar surface area (TPSA) is 184 Å². The van der Waals surface area contributed by atoms with Gasteiger partial charge >= 0.3 is 12.1 Å². The third-order valence-electron chi connectivity index (χ3n) is 5.11. The number of nitrogens with one attached hydrogen (secondary N) is 1. The summed E-state index contributed by atoms with van der Waals surface area (Å²) in [5, 5.41) is 24.2. The number of hydrogen-bond donors (Lipinski definition) is 4. The molecule has 184 valence electrons. The second kappa shape index (κ2) is 9.14. The van der Waals surface area contributed by atoms with Gasteiger partial charge in [-0.1, -0.05) is 16.9 Å². The molecule has 1 saturated heterocycles. The molecule has 12 nitrogen and oxygen atoms in total. The maximum absolute atomic E-state index is 13.0. The van der Waals surface area contributed by atoms with Crippen molar-refractivity contribution in [3.05, 3.63) is 40.5 Å². The molecule has 0 aromatic carbocycles. The Morgan fingerprint density at radius 2 is 2.11 bits per heavy atom. The van der Waals surface area contributed by atoms with E-state index in [2.05, 4.69) is 24.8 Å². The molecule has 4 heterocycles. The van der Waals surface area contributed by atoms with E-state index in [9.17, 15) is 37.9 Å². The number of carbonyl (C=O) groups excluding carboxylic acids is 2. The molecular weight excluding hydrogens is 515 g/mol. The van der Waals surface area contributed by atoms with Gasteiger partial charge in [-0.3, -0.25) is 19.5 Å². The van der Waals surface area contributed by atoms with Gasteiger partial charge in [0.15, 0.2) is 5.13 Å². The van der Waals surface area contributed by atoms with Crippen LogP contribution in [0.2, 0.25) is 0 Å². The van der Waals surface area contributed by atoms with Crippen molar-refractivity contribution in [3.8, 4) is 0 Å². The first kappa shape index (κ1) is 24.4. The quantitative estimate of drug-likeness (QED) is 0.184. The number of thioether (sulfide) groups is 1. The average Bonchev–Trinajstić information content (AvgIpc) is 3.22.